The highest BCUT2D eigenvalue weighted by Crippen LogP contribution is 1.92. The van der Waals surface area contributed by atoms with E-state index in [9.17, 15) is 21.6 Å². The smallest absolute Gasteiger partial charge is 0.333 e. The average Bonchev–Trinajstić information content (AvgIpc) is 1.95. The Kier molecular flexibility index (Phi) is 4.65. The van der Waals surface area contributed by atoms with Crippen LogP contribution in [0.4, 0.5) is 0 Å². The Balaban J connectivity index is 4.36. The van der Waals surface area contributed by atoms with Crippen molar-refractivity contribution < 1.29 is 31.8 Å². The Morgan fingerprint density at radius 2 is 1.80 bits per heavy atom. The molecule has 0 radical (unpaired) electrons. The summed E-state index contributed by atoms with van der Waals surface area (Å²) in [6.07, 6.45) is -1.18. The molecule has 15 heavy (non-hydrogen) atoms. The van der Waals surface area contributed by atoms with Crippen LogP contribution < -0.4 is 4.72 Å². The second-order valence-electron chi connectivity index (χ2n) is 2.86. The van der Waals surface area contributed by atoms with Gasteiger partial charge in [0.2, 0.25) is 10.0 Å². The normalized spacial score (nSPS) is 14.8. The molecule has 0 spiro atoms. The highest BCUT2D eigenvalue weighted by molar-refractivity contribution is 8.06. The molecule has 0 bridgehead atoms. The molecule has 0 aromatic heterocycles. The molecule has 0 aromatic rings. The number of sulfone groups is 1. The summed E-state index contributed by atoms with van der Waals surface area (Å²) >= 11 is 0. The van der Waals surface area contributed by atoms with E-state index in [0.29, 0.717) is 0 Å². The highest BCUT2D eigenvalue weighted by atomic mass is 32.3. The van der Waals surface area contributed by atoms with Crippen molar-refractivity contribution in [3.8, 4) is 0 Å². The van der Waals surface area contributed by atoms with Crippen molar-refractivity contribution in [2.75, 3.05) is 17.9 Å². The maximum Gasteiger partial charge on any atom is 0.333 e. The van der Waals surface area contributed by atoms with E-state index < -0.39 is 43.6 Å². The van der Waals surface area contributed by atoms with Gasteiger partial charge in [0.15, 0.2) is 21.0 Å². The van der Waals surface area contributed by atoms with Crippen LogP contribution in [0.15, 0.2) is 0 Å². The fourth-order valence-corrected chi connectivity index (χ4v) is 3.62. The third-order valence-electron chi connectivity index (χ3n) is 1.15. The molecule has 1 unspecified atom stereocenters. The van der Waals surface area contributed by atoms with Crippen LogP contribution in [-0.2, 0) is 24.7 Å². The molecular formula is C5H11NO7S2. The molecule has 90 valence electrons. The first-order chi connectivity index (χ1) is 6.53. The number of hydrogen-bond donors (Lipinski definition) is 3. The summed E-state index contributed by atoms with van der Waals surface area (Å²) in [5, 5.41) is 15.8. The van der Waals surface area contributed by atoms with E-state index in [4.69, 9.17) is 10.2 Å². The van der Waals surface area contributed by atoms with E-state index in [1.165, 1.54) is 0 Å². The summed E-state index contributed by atoms with van der Waals surface area (Å²) < 4.78 is 44.9. The van der Waals surface area contributed by atoms with E-state index >= 15 is 0 Å². The summed E-state index contributed by atoms with van der Waals surface area (Å²) in [5.74, 6) is -1.60. The molecule has 0 aliphatic rings. The molecule has 0 amide bonds. The predicted octanol–water partition coefficient (Wildman–Crippen LogP) is -2.65. The zero-order valence-corrected chi connectivity index (χ0v) is 9.38. The van der Waals surface area contributed by atoms with E-state index in [1.54, 1.807) is 4.72 Å². The average molecular weight is 261 g/mol. The van der Waals surface area contributed by atoms with Crippen LogP contribution in [0.2, 0.25) is 0 Å². The minimum atomic E-state index is -4.13. The summed E-state index contributed by atoms with van der Waals surface area (Å²) in [6, 6.07) is 0. The molecule has 0 rings (SSSR count). The SMILES string of the molecule is CS(=O)(=O)CS(=O)(=O)NCC(O)C(=O)O. The van der Waals surface area contributed by atoms with Gasteiger partial charge < -0.3 is 10.2 Å². The molecule has 0 aliphatic carbocycles. The molecule has 8 nitrogen and oxygen atoms in total. The monoisotopic (exact) mass is 261 g/mol. The van der Waals surface area contributed by atoms with Crippen LogP contribution >= 0.6 is 0 Å². The third kappa shape index (κ3) is 7.25. The fourth-order valence-electron chi connectivity index (χ4n) is 0.617. The molecule has 0 aliphatic heterocycles. The van der Waals surface area contributed by atoms with Crippen LogP contribution in [0.1, 0.15) is 0 Å². The van der Waals surface area contributed by atoms with Crippen molar-refractivity contribution in [3.63, 3.8) is 0 Å². The minimum absolute atomic E-state index is 0.722. The zero-order valence-electron chi connectivity index (χ0n) is 7.74. The lowest BCUT2D eigenvalue weighted by atomic mass is 10.4. The second kappa shape index (κ2) is 4.88. The van der Waals surface area contributed by atoms with Gasteiger partial charge in [0.05, 0.1) is 0 Å². The van der Waals surface area contributed by atoms with E-state index in [0.717, 1.165) is 6.26 Å². The van der Waals surface area contributed by atoms with Crippen molar-refractivity contribution in [2.24, 2.45) is 0 Å². The van der Waals surface area contributed by atoms with Gasteiger partial charge in [0.1, 0.15) is 0 Å². The molecule has 0 heterocycles. The van der Waals surface area contributed by atoms with Crippen LogP contribution in [0, 0.1) is 0 Å². The standard InChI is InChI=1S/C5H11NO7S2/c1-14(10,11)3-15(12,13)6-2-4(7)5(8)9/h4,6-7H,2-3H2,1H3,(H,8,9). The molecule has 10 heteroatoms. The molecular weight excluding hydrogens is 250 g/mol. The lowest BCUT2D eigenvalue weighted by molar-refractivity contribution is -0.146. The topological polar surface area (TPSA) is 138 Å². The Bertz CT molecular complexity index is 422. The first-order valence-corrected chi connectivity index (χ1v) is 7.31. The number of carboxylic acid groups (broad SMARTS) is 1. The quantitative estimate of drug-likeness (QED) is 0.475. The lowest BCUT2D eigenvalue weighted by Crippen LogP contribution is -2.38. The Morgan fingerprint density at radius 1 is 1.33 bits per heavy atom. The van der Waals surface area contributed by atoms with Gasteiger partial charge in [-0.05, 0) is 0 Å². The van der Waals surface area contributed by atoms with Gasteiger partial charge >= 0.3 is 5.97 Å². The van der Waals surface area contributed by atoms with E-state index in [2.05, 4.69) is 0 Å². The molecule has 0 saturated carbocycles. The Hall–Kier alpha value is -0.710. The second-order valence-corrected chi connectivity index (χ2v) is 7.17. The van der Waals surface area contributed by atoms with Gasteiger partial charge in [-0.1, -0.05) is 0 Å². The summed E-state index contributed by atoms with van der Waals surface area (Å²) in [7, 11) is -7.86. The summed E-state index contributed by atoms with van der Waals surface area (Å²) in [5.41, 5.74) is 0. The largest absolute Gasteiger partial charge is 0.479 e. The van der Waals surface area contributed by atoms with Crippen LogP contribution in [0.3, 0.4) is 0 Å². The fraction of sp³-hybridized carbons (Fsp3) is 0.800. The number of hydrogen-bond acceptors (Lipinski definition) is 6. The molecule has 0 fully saturated rings. The summed E-state index contributed by atoms with van der Waals surface area (Å²) in [4.78, 5) is 10.1. The number of aliphatic hydroxyl groups excluding tert-OH is 1. The number of sulfonamides is 1. The molecule has 1 atom stereocenters. The number of aliphatic carboxylic acids is 1. The van der Waals surface area contributed by atoms with Crippen molar-refractivity contribution in [3.05, 3.63) is 0 Å². The Morgan fingerprint density at radius 3 is 2.13 bits per heavy atom. The Labute approximate surface area is 86.9 Å². The molecule has 3 N–H and O–H groups in total. The number of rotatable bonds is 6. The highest BCUT2D eigenvalue weighted by Gasteiger charge is 2.21. The number of nitrogens with one attached hydrogen (secondary N) is 1. The first-order valence-electron chi connectivity index (χ1n) is 3.59. The van der Waals surface area contributed by atoms with Crippen LogP contribution in [-0.4, -0.2) is 57.0 Å². The van der Waals surface area contributed by atoms with Gasteiger partial charge in [-0.15, -0.1) is 0 Å². The van der Waals surface area contributed by atoms with Gasteiger partial charge in [-0.25, -0.2) is 26.4 Å². The molecule has 0 aromatic carbocycles. The van der Waals surface area contributed by atoms with Gasteiger partial charge in [0, 0.05) is 12.8 Å². The summed E-state index contributed by atoms with van der Waals surface area (Å²) in [6.45, 7) is -0.771. The number of aliphatic hydroxyl groups is 1. The van der Waals surface area contributed by atoms with E-state index in [1.807, 2.05) is 0 Å². The van der Waals surface area contributed by atoms with Crippen LogP contribution in [0.25, 0.3) is 0 Å². The lowest BCUT2D eigenvalue weighted by Gasteiger charge is -2.07. The van der Waals surface area contributed by atoms with Crippen molar-refractivity contribution in [1.29, 1.82) is 0 Å². The number of carbonyl (C=O) groups is 1. The maximum absolute atomic E-state index is 11.0. The van der Waals surface area contributed by atoms with E-state index in [-0.39, 0.29) is 0 Å². The van der Waals surface area contributed by atoms with Gasteiger partial charge in [-0.3, -0.25) is 0 Å². The molecule has 0 saturated heterocycles. The minimum Gasteiger partial charge on any atom is -0.479 e. The first kappa shape index (κ1) is 14.3. The van der Waals surface area contributed by atoms with Crippen molar-refractivity contribution in [1.82, 2.24) is 4.72 Å². The van der Waals surface area contributed by atoms with Crippen LogP contribution in [0.5, 0.6) is 0 Å². The maximum atomic E-state index is 11.0. The predicted molar refractivity (Wildman–Crippen MR) is 50.3 cm³/mol. The number of carboxylic acids is 1. The third-order valence-corrected chi connectivity index (χ3v) is 4.71. The van der Waals surface area contributed by atoms with Crippen molar-refractivity contribution in [2.45, 2.75) is 6.10 Å². The van der Waals surface area contributed by atoms with Crippen molar-refractivity contribution >= 4 is 25.8 Å². The van der Waals surface area contributed by atoms with Gasteiger partial charge in [-0.2, -0.15) is 0 Å². The zero-order chi connectivity index (χ0) is 12.3. The van der Waals surface area contributed by atoms with Gasteiger partial charge in [0.25, 0.3) is 0 Å².